The van der Waals surface area contributed by atoms with Gasteiger partial charge in [0, 0.05) is 25.1 Å². The van der Waals surface area contributed by atoms with Gasteiger partial charge >= 0.3 is 0 Å². The predicted octanol–water partition coefficient (Wildman–Crippen LogP) is 3.40. The number of aliphatic hydroxyl groups excluding tert-OH is 1. The van der Waals surface area contributed by atoms with Crippen molar-refractivity contribution in [2.24, 2.45) is 5.41 Å². The lowest BCUT2D eigenvalue weighted by molar-refractivity contribution is 0.161. The fraction of sp³-hybridized carbons (Fsp3) is 0.647. The minimum Gasteiger partial charge on any atom is -0.396 e. The van der Waals surface area contributed by atoms with Crippen LogP contribution in [-0.4, -0.2) is 30.2 Å². The van der Waals surface area contributed by atoms with Gasteiger partial charge in [-0.15, -0.1) is 0 Å². The van der Waals surface area contributed by atoms with Crippen molar-refractivity contribution in [1.29, 1.82) is 0 Å². The highest BCUT2D eigenvalue weighted by atomic mass is 16.3. The molecule has 1 atom stereocenters. The molecule has 0 heterocycles. The van der Waals surface area contributed by atoms with Crippen LogP contribution in [0.15, 0.2) is 24.3 Å². The molecule has 106 valence electrons. The van der Waals surface area contributed by atoms with E-state index in [9.17, 15) is 5.11 Å². The van der Waals surface area contributed by atoms with Crippen LogP contribution in [0.25, 0.3) is 0 Å². The zero-order chi connectivity index (χ0) is 13.9. The van der Waals surface area contributed by atoms with Crippen LogP contribution in [-0.2, 0) is 6.54 Å². The average Bonchev–Trinajstić information content (AvgIpc) is 3.19. The third-order valence-electron chi connectivity index (χ3n) is 4.51. The van der Waals surface area contributed by atoms with Gasteiger partial charge in [0.15, 0.2) is 0 Å². The molecule has 2 rings (SSSR count). The van der Waals surface area contributed by atoms with E-state index in [-0.39, 0.29) is 5.41 Å². The number of aliphatic hydroxyl groups is 1. The Hall–Kier alpha value is -0.860. The van der Waals surface area contributed by atoms with E-state index in [1.807, 2.05) is 0 Å². The quantitative estimate of drug-likeness (QED) is 0.813. The largest absolute Gasteiger partial charge is 0.396 e. The van der Waals surface area contributed by atoms with E-state index in [0.717, 1.165) is 13.1 Å². The molecule has 2 heteroatoms. The molecule has 1 aliphatic rings. The third-order valence-corrected chi connectivity index (χ3v) is 4.51. The molecule has 0 bridgehead atoms. The normalized spacial score (nSPS) is 18.6. The van der Waals surface area contributed by atoms with Crippen molar-refractivity contribution in [3.8, 4) is 0 Å². The number of hydrogen-bond acceptors (Lipinski definition) is 2. The molecule has 1 fully saturated rings. The maximum absolute atomic E-state index is 9.37. The van der Waals surface area contributed by atoms with Crippen molar-refractivity contribution in [3.05, 3.63) is 35.4 Å². The van der Waals surface area contributed by atoms with Gasteiger partial charge in [-0.05, 0) is 43.4 Å². The molecular weight excluding hydrogens is 234 g/mol. The zero-order valence-corrected chi connectivity index (χ0v) is 12.5. The molecule has 0 spiro atoms. The van der Waals surface area contributed by atoms with Gasteiger partial charge in [0.1, 0.15) is 0 Å². The lowest BCUT2D eigenvalue weighted by atomic mass is 9.97. The first-order chi connectivity index (χ1) is 9.08. The van der Waals surface area contributed by atoms with Crippen molar-refractivity contribution < 1.29 is 5.11 Å². The first-order valence-corrected chi connectivity index (χ1v) is 7.47. The summed E-state index contributed by atoms with van der Waals surface area (Å²) >= 11 is 0. The maximum Gasteiger partial charge on any atom is 0.0499 e. The van der Waals surface area contributed by atoms with Crippen LogP contribution in [0.5, 0.6) is 0 Å². The Bertz CT molecular complexity index is 394. The second-order valence-electron chi connectivity index (χ2n) is 6.38. The van der Waals surface area contributed by atoms with Crippen LogP contribution >= 0.6 is 0 Å². The molecule has 0 amide bonds. The molecule has 0 aliphatic heterocycles. The monoisotopic (exact) mass is 261 g/mol. The summed E-state index contributed by atoms with van der Waals surface area (Å²) in [4.78, 5) is 2.33. The van der Waals surface area contributed by atoms with Crippen molar-refractivity contribution in [3.63, 3.8) is 0 Å². The maximum atomic E-state index is 9.37. The lowest BCUT2D eigenvalue weighted by Crippen LogP contribution is -2.28. The van der Waals surface area contributed by atoms with Gasteiger partial charge in [-0.3, -0.25) is 0 Å². The molecule has 1 aliphatic carbocycles. The van der Waals surface area contributed by atoms with Crippen LogP contribution in [0.2, 0.25) is 0 Å². The Labute approximate surface area is 117 Å². The molecule has 2 nitrogen and oxygen atoms in total. The molecule has 0 saturated heterocycles. The summed E-state index contributed by atoms with van der Waals surface area (Å²) < 4.78 is 0. The number of hydrogen-bond donors (Lipinski definition) is 1. The second-order valence-corrected chi connectivity index (χ2v) is 6.38. The van der Waals surface area contributed by atoms with Crippen LogP contribution in [0, 0.1) is 5.41 Å². The van der Waals surface area contributed by atoms with Crippen molar-refractivity contribution in [1.82, 2.24) is 4.90 Å². The van der Waals surface area contributed by atoms with E-state index in [0.29, 0.717) is 12.5 Å². The van der Waals surface area contributed by atoms with E-state index < -0.39 is 0 Å². The fourth-order valence-corrected chi connectivity index (χ4v) is 2.67. The molecule has 1 aromatic rings. The van der Waals surface area contributed by atoms with E-state index in [4.69, 9.17) is 0 Å². The van der Waals surface area contributed by atoms with Gasteiger partial charge in [-0.2, -0.15) is 0 Å². The third kappa shape index (κ3) is 3.80. The van der Waals surface area contributed by atoms with Gasteiger partial charge in [-0.25, -0.2) is 0 Å². The fourth-order valence-electron chi connectivity index (χ4n) is 2.67. The number of rotatable bonds is 7. The molecule has 0 radical (unpaired) electrons. The van der Waals surface area contributed by atoms with E-state index in [1.54, 1.807) is 0 Å². The van der Waals surface area contributed by atoms with Gasteiger partial charge in [0.2, 0.25) is 0 Å². The summed E-state index contributed by atoms with van der Waals surface area (Å²) in [5.74, 6) is 0.649. The SMILES string of the molecule is CCC(C)c1ccc(CN(C)CC2(CO)CC2)cc1. The summed E-state index contributed by atoms with van der Waals surface area (Å²) in [7, 11) is 2.15. The standard InChI is InChI=1S/C17H27NO/c1-4-14(2)16-7-5-15(6-8-16)11-18(3)12-17(13-19)9-10-17/h5-8,14,19H,4,9-13H2,1-3H3. The lowest BCUT2D eigenvalue weighted by Gasteiger charge is -2.22. The van der Waals surface area contributed by atoms with Gasteiger partial charge < -0.3 is 10.0 Å². The Morgan fingerprint density at radius 3 is 2.37 bits per heavy atom. The van der Waals surface area contributed by atoms with Crippen molar-refractivity contribution >= 4 is 0 Å². The van der Waals surface area contributed by atoms with Gasteiger partial charge in [0.25, 0.3) is 0 Å². The first kappa shape index (κ1) is 14.5. The highest BCUT2D eigenvalue weighted by molar-refractivity contribution is 5.25. The Balaban J connectivity index is 1.88. The molecule has 1 unspecified atom stereocenters. The smallest absolute Gasteiger partial charge is 0.0499 e. The minimum atomic E-state index is 0.214. The summed E-state index contributed by atoms with van der Waals surface area (Å²) in [6.45, 7) is 6.83. The van der Waals surface area contributed by atoms with Crippen LogP contribution in [0.1, 0.15) is 50.2 Å². The van der Waals surface area contributed by atoms with Crippen LogP contribution < -0.4 is 0 Å². The Kier molecular flexibility index (Phi) is 4.64. The molecule has 0 aromatic heterocycles. The first-order valence-electron chi connectivity index (χ1n) is 7.47. The van der Waals surface area contributed by atoms with Gasteiger partial charge in [-0.1, -0.05) is 38.1 Å². The van der Waals surface area contributed by atoms with E-state index in [1.165, 1.54) is 30.4 Å². The second kappa shape index (κ2) is 6.06. The molecule has 1 aromatic carbocycles. The Morgan fingerprint density at radius 2 is 1.89 bits per heavy atom. The summed E-state index contributed by atoms with van der Waals surface area (Å²) in [6.07, 6.45) is 3.56. The summed E-state index contributed by atoms with van der Waals surface area (Å²) in [5.41, 5.74) is 3.01. The summed E-state index contributed by atoms with van der Waals surface area (Å²) in [6, 6.07) is 9.01. The number of nitrogens with zero attached hydrogens (tertiary/aromatic N) is 1. The summed E-state index contributed by atoms with van der Waals surface area (Å²) in [5, 5.41) is 9.37. The predicted molar refractivity (Wildman–Crippen MR) is 80.2 cm³/mol. The van der Waals surface area contributed by atoms with Crippen molar-refractivity contribution in [2.75, 3.05) is 20.2 Å². The molecule has 1 N–H and O–H groups in total. The van der Waals surface area contributed by atoms with Crippen molar-refractivity contribution in [2.45, 2.75) is 45.6 Å². The number of benzene rings is 1. The van der Waals surface area contributed by atoms with Gasteiger partial charge in [0.05, 0.1) is 0 Å². The van der Waals surface area contributed by atoms with Crippen LogP contribution in [0.3, 0.4) is 0 Å². The zero-order valence-electron chi connectivity index (χ0n) is 12.5. The highest BCUT2D eigenvalue weighted by Crippen LogP contribution is 2.45. The minimum absolute atomic E-state index is 0.214. The van der Waals surface area contributed by atoms with E-state index >= 15 is 0 Å². The molecular formula is C17H27NO. The molecule has 19 heavy (non-hydrogen) atoms. The van der Waals surface area contributed by atoms with Crippen LogP contribution in [0.4, 0.5) is 0 Å². The topological polar surface area (TPSA) is 23.5 Å². The Morgan fingerprint density at radius 1 is 1.26 bits per heavy atom. The average molecular weight is 261 g/mol. The molecule has 1 saturated carbocycles. The van der Waals surface area contributed by atoms with E-state index in [2.05, 4.69) is 50.1 Å². The highest BCUT2D eigenvalue weighted by Gasteiger charge is 2.42.